The van der Waals surface area contributed by atoms with Gasteiger partial charge in [-0.3, -0.25) is 9.78 Å². The van der Waals surface area contributed by atoms with Gasteiger partial charge in [-0.15, -0.1) is 0 Å². The Morgan fingerprint density at radius 2 is 1.83 bits per heavy atom. The number of carbonyl (C=O) groups is 1. The number of aryl methyl sites for hydroxylation is 1. The lowest BCUT2D eigenvalue weighted by Crippen LogP contribution is -2.29. The molecule has 0 spiro atoms. The first-order valence-corrected chi connectivity index (χ1v) is 8.50. The highest BCUT2D eigenvalue weighted by atomic mass is 16.1. The smallest absolute Gasteiger partial charge is 0.270 e. The van der Waals surface area contributed by atoms with Gasteiger partial charge in [0.25, 0.3) is 5.91 Å². The Balaban J connectivity index is 1.71. The quantitative estimate of drug-likeness (QED) is 0.935. The summed E-state index contributed by atoms with van der Waals surface area (Å²) in [6.07, 6.45) is 8.24. The summed E-state index contributed by atoms with van der Waals surface area (Å²) in [6.45, 7) is 4.29. The molecule has 2 aromatic rings. The number of rotatable bonds is 4. The van der Waals surface area contributed by atoms with Crippen molar-refractivity contribution < 1.29 is 4.79 Å². The van der Waals surface area contributed by atoms with Crippen molar-refractivity contribution in [1.82, 2.24) is 20.3 Å². The molecule has 126 valence electrons. The van der Waals surface area contributed by atoms with E-state index in [1.165, 1.54) is 12.8 Å². The monoisotopic (exact) mass is 325 g/mol. The molecule has 6 nitrogen and oxygen atoms in total. The Bertz CT molecular complexity index is 681. The normalized spacial score (nSPS) is 15.0. The average molecular weight is 325 g/mol. The minimum atomic E-state index is -0.173. The summed E-state index contributed by atoms with van der Waals surface area (Å²) in [7, 11) is 0. The third-order valence-electron chi connectivity index (χ3n) is 4.17. The van der Waals surface area contributed by atoms with Crippen LogP contribution < -0.4 is 10.2 Å². The van der Waals surface area contributed by atoms with E-state index in [0.29, 0.717) is 18.2 Å². The maximum atomic E-state index is 12.4. The first kappa shape index (κ1) is 16.4. The zero-order valence-electron chi connectivity index (χ0n) is 14.0. The van der Waals surface area contributed by atoms with E-state index in [2.05, 4.69) is 25.2 Å². The van der Waals surface area contributed by atoms with Gasteiger partial charge >= 0.3 is 0 Å². The summed E-state index contributed by atoms with van der Waals surface area (Å²) >= 11 is 0. The van der Waals surface area contributed by atoms with Crippen LogP contribution in [0, 0.1) is 6.92 Å². The Hall–Kier alpha value is -2.50. The van der Waals surface area contributed by atoms with Gasteiger partial charge in [-0.25, -0.2) is 9.97 Å². The van der Waals surface area contributed by atoms with E-state index in [1.807, 2.05) is 19.1 Å². The van der Waals surface area contributed by atoms with Crippen LogP contribution in [0.4, 0.5) is 5.95 Å². The summed E-state index contributed by atoms with van der Waals surface area (Å²) in [6, 6.07) is 5.51. The molecule has 0 aromatic carbocycles. The number of carbonyl (C=O) groups excluding carboxylic acids is 1. The molecule has 3 heterocycles. The van der Waals surface area contributed by atoms with Crippen LogP contribution in [0.1, 0.15) is 47.4 Å². The van der Waals surface area contributed by atoms with E-state index in [-0.39, 0.29) is 5.91 Å². The SMILES string of the molecule is Cc1cc(C(=O)NCc2ccncc2)nc(N2CCCCCC2)n1. The molecule has 1 amide bonds. The van der Waals surface area contributed by atoms with Gasteiger partial charge in [-0.05, 0) is 43.5 Å². The second kappa shape index (κ2) is 7.86. The molecule has 1 N–H and O–H groups in total. The van der Waals surface area contributed by atoms with E-state index >= 15 is 0 Å². The Morgan fingerprint density at radius 1 is 1.12 bits per heavy atom. The molecule has 24 heavy (non-hydrogen) atoms. The topological polar surface area (TPSA) is 71.0 Å². The molecule has 0 bridgehead atoms. The summed E-state index contributed by atoms with van der Waals surface area (Å²) in [4.78, 5) is 27.6. The highest BCUT2D eigenvalue weighted by molar-refractivity contribution is 5.92. The molecule has 0 saturated carbocycles. The molecule has 1 aliphatic heterocycles. The van der Waals surface area contributed by atoms with E-state index < -0.39 is 0 Å². The first-order valence-electron chi connectivity index (χ1n) is 8.50. The lowest BCUT2D eigenvalue weighted by molar-refractivity contribution is 0.0945. The molecule has 0 radical (unpaired) electrons. The van der Waals surface area contributed by atoms with Crippen LogP contribution in [0.2, 0.25) is 0 Å². The molecule has 6 heteroatoms. The van der Waals surface area contributed by atoms with Gasteiger partial charge in [0.15, 0.2) is 0 Å². The van der Waals surface area contributed by atoms with Crippen molar-refractivity contribution in [2.45, 2.75) is 39.2 Å². The molecule has 0 aliphatic carbocycles. The van der Waals surface area contributed by atoms with Crippen molar-refractivity contribution in [2.24, 2.45) is 0 Å². The number of nitrogens with one attached hydrogen (secondary N) is 1. The molecule has 2 aromatic heterocycles. The highest BCUT2D eigenvalue weighted by Crippen LogP contribution is 2.16. The predicted octanol–water partition coefficient (Wildman–Crippen LogP) is 2.49. The standard InChI is InChI=1S/C18H23N5O/c1-14-12-16(17(24)20-13-15-6-8-19-9-7-15)22-18(21-14)23-10-4-2-3-5-11-23/h6-9,12H,2-5,10-11,13H2,1H3,(H,20,24). The summed E-state index contributed by atoms with van der Waals surface area (Å²) in [5.41, 5.74) is 2.26. The van der Waals surface area contributed by atoms with Crippen LogP contribution in [0.25, 0.3) is 0 Å². The average Bonchev–Trinajstić information content (AvgIpc) is 2.89. The fourth-order valence-corrected chi connectivity index (χ4v) is 2.85. The highest BCUT2D eigenvalue weighted by Gasteiger charge is 2.16. The second-order valence-electron chi connectivity index (χ2n) is 6.13. The van der Waals surface area contributed by atoms with Gasteiger partial charge in [0.05, 0.1) is 0 Å². The Kier molecular flexibility index (Phi) is 5.36. The minimum Gasteiger partial charge on any atom is -0.347 e. The fourth-order valence-electron chi connectivity index (χ4n) is 2.85. The lowest BCUT2D eigenvalue weighted by Gasteiger charge is -2.21. The van der Waals surface area contributed by atoms with Gasteiger partial charge in [0.2, 0.25) is 5.95 Å². The molecular formula is C18H23N5O. The lowest BCUT2D eigenvalue weighted by atomic mass is 10.2. The number of hydrogen-bond donors (Lipinski definition) is 1. The number of nitrogens with zero attached hydrogens (tertiary/aromatic N) is 4. The van der Waals surface area contributed by atoms with Gasteiger partial charge < -0.3 is 10.2 Å². The molecule has 1 aliphatic rings. The third-order valence-corrected chi connectivity index (χ3v) is 4.17. The third kappa shape index (κ3) is 4.28. The van der Waals surface area contributed by atoms with Crippen molar-refractivity contribution >= 4 is 11.9 Å². The van der Waals surface area contributed by atoms with Crippen molar-refractivity contribution in [2.75, 3.05) is 18.0 Å². The first-order chi connectivity index (χ1) is 11.7. The van der Waals surface area contributed by atoms with Crippen molar-refractivity contribution in [1.29, 1.82) is 0 Å². The molecule has 0 atom stereocenters. The summed E-state index contributed by atoms with van der Waals surface area (Å²) < 4.78 is 0. The fraction of sp³-hybridized carbons (Fsp3) is 0.444. The number of pyridine rings is 1. The molecule has 0 unspecified atom stereocenters. The molecule has 3 rings (SSSR count). The Labute approximate surface area is 142 Å². The van der Waals surface area contributed by atoms with Gasteiger partial charge in [0.1, 0.15) is 5.69 Å². The zero-order valence-corrected chi connectivity index (χ0v) is 14.0. The number of aromatic nitrogens is 3. The van der Waals surface area contributed by atoms with E-state index in [0.717, 1.165) is 37.2 Å². The van der Waals surface area contributed by atoms with Gasteiger partial charge in [0, 0.05) is 37.7 Å². The van der Waals surface area contributed by atoms with Crippen LogP contribution in [0.3, 0.4) is 0 Å². The van der Waals surface area contributed by atoms with Gasteiger partial charge in [-0.1, -0.05) is 12.8 Å². The van der Waals surface area contributed by atoms with Gasteiger partial charge in [-0.2, -0.15) is 0 Å². The molecule has 1 fully saturated rings. The maximum absolute atomic E-state index is 12.4. The molecular weight excluding hydrogens is 302 g/mol. The predicted molar refractivity (Wildman–Crippen MR) is 92.9 cm³/mol. The van der Waals surface area contributed by atoms with E-state index in [4.69, 9.17) is 0 Å². The van der Waals surface area contributed by atoms with Crippen molar-refractivity contribution in [3.8, 4) is 0 Å². The number of hydrogen-bond acceptors (Lipinski definition) is 5. The molecule has 1 saturated heterocycles. The summed E-state index contributed by atoms with van der Waals surface area (Å²) in [5, 5.41) is 2.91. The van der Waals surface area contributed by atoms with E-state index in [9.17, 15) is 4.79 Å². The van der Waals surface area contributed by atoms with Crippen molar-refractivity contribution in [3.05, 3.63) is 47.5 Å². The zero-order chi connectivity index (χ0) is 16.8. The second-order valence-corrected chi connectivity index (χ2v) is 6.13. The van der Waals surface area contributed by atoms with Crippen LogP contribution >= 0.6 is 0 Å². The van der Waals surface area contributed by atoms with E-state index in [1.54, 1.807) is 18.5 Å². The van der Waals surface area contributed by atoms with Crippen LogP contribution in [-0.4, -0.2) is 33.9 Å². The van der Waals surface area contributed by atoms with Crippen LogP contribution in [0.5, 0.6) is 0 Å². The largest absolute Gasteiger partial charge is 0.347 e. The number of amides is 1. The van der Waals surface area contributed by atoms with Crippen molar-refractivity contribution in [3.63, 3.8) is 0 Å². The Morgan fingerprint density at radius 3 is 2.54 bits per heavy atom. The maximum Gasteiger partial charge on any atom is 0.270 e. The number of anilines is 1. The minimum absolute atomic E-state index is 0.173. The summed E-state index contributed by atoms with van der Waals surface area (Å²) in [5.74, 6) is 0.499. The van der Waals surface area contributed by atoms with Crippen LogP contribution in [-0.2, 0) is 6.54 Å². The van der Waals surface area contributed by atoms with Crippen LogP contribution in [0.15, 0.2) is 30.6 Å².